The molecule has 7 nitrogen and oxygen atoms in total. The summed E-state index contributed by atoms with van der Waals surface area (Å²) in [6.45, 7) is 6.39. The zero-order valence-corrected chi connectivity index (χ0v) is 18.4. The van der Waals surface area contributed by atoms with Gasteiger partial charge in [0, 0.05) is 30.0 Å². The van der Waals surface area contributed by atoms with E-state index in [9.17, 15) is 18.0 Å². The van der Waals surface area contributed by atoms with Gasteiger partial charge in [0.15, 0.2) is 6.61 Å². The van der Waals surface area contributed by atoms with Gasteiger partial charge in [-0.3, -0.25) is 9.59 Å². The van der Waals surface area contributed by atoms with Crippen molar-refractivity contribution in [2.24, 2.45) is 0 Å². The molecule has 0 amide bonds. The molecule has 3 rings (SSSR count). The summed E-state index contributed by atoms with van der Waals surface area (Å²) in [6.07, 6.45) is 1.79. The van der Waals surface area contributed by atoms with E-state index >= 15 is 0 Å². The molecule has 0 spiro atoms. The van der Waals surface area contributed by atoms with Gasteiger partial charge in [-0.15, -0.1) is 0 Å². The molecule has 1 fully saturated rings. The third-order valence-corrected chi connectivity index (χ3v) is 7.53. The number of nitrogens with zero attached hydrogens (tertiary/aromatic N) is 2. The third kappa shape index (κ3) is 4.34. The van der Waals surface area contributed by atoms with Crippen molar-refractivity contribution in [1.29, 1.82) is 0 Å². The van der Waals surface area contributed by atoms with Crippen LogP contribution in [0.3, 0.4) is 0 Å². The smallest absolute Gasteiger partial charge is 0.324 e. The van der Waals surface area contributed by atoms with Crippen LogP contribution in [0.25, 0.3) is 0 Å². The van der Waals surface area contributed by atoms with Crippen LogP contribution in [0.2, 0.25) is 0 Å². The standard InChI is InChI=1S/C22H28N2O5S/c1-4-23-16(2)14-19(17(23)3)21(25)15-29-22(26)20-12-8-9-13-24(20)30(27,28)18-10-6-5-7-11-18/h5-7,10-11,14,20H,4,8-9,12-13,15H2,1-3H3. The van der Waals surface area contributed by atoms with E-state index in [2.05, 4.69) is 0 Å². The van der Waals surface area contributed by atoms with E-state index in [0.29, 0.717) is 18.4 Å². The van der Waals surface area contributed by atoms with Crippen LogP contribution in [0.4, 0.5) is 0 Å². The summed E-state index contributed by atoms with van der Waals surface area (Å²) in [5.74, 6) is -0.962. The number of sulfonamides is 1. The highest BCUT2D eigenvalue weighted by molar-refractivity contribution is 7.89. The van der Waals surface area contributed by atoms with E-state index in [1.165, 1.54) is 16.4 Å². The van der Waals surface area contributed by atoms with Crippen LogP contribution in [-0.4, -0.2) is 48.2 Å². The molecule has 30 heavy (non-hydrogen) atoms. The first-order valence-electron chi connectivity index (χ1n) is 10.2. The molecule has 1 aromatic carbocycles. The maximum atomic E-state index is 13.0. The summed E-state index contributed by atoms with van der Waals surface area (Å²) in [7, 11) is -3.82. The Morgan fingerprint density at radius 1 is 1.13 bits per heavy atom. The van der Waals surface area contributed by atoms with E-state index in [1.54, 1.807) is 24.3 Å². The highest BCUT2D eigenvalue weighted by Gasteiger charge is 2.38. The molecule has 2 aromatic rings. The van der Waals surface area contributed by atoms with E-state index in [1.807, 2.05) is 25.3 Å². The summed E-state index contributed by atoms with van der Waals surface area (Å²) < 4.78 is 34.6. The minimum absolute atomic E-state index is 0.146. The van der Waals surface area contributed by atoms with Crippen molar-refractivity contribution in [3.63, 3.8) is 0 Å². The molecular formula is C22H28N2O5S. The monoisotopic (exact) mass is 432 g/mol. The lowest BCUT2D eigenvalue weighted by atomic mass is 10.1. The lowest BCUT2D eigenvalue weighted by molar-refractivity contribution is -0.148. The Morgan fingerprint density at radius 2 is 1.83 bits per heavy atom. The lowest BCUT2D eigenvalue weighted by Gasteiger charge is -2.32. The number of benzene rings is 1. The van der Waals surface area contributed by atoms with E-state index in [-0.39, 0.29) is 17.2 Å². The summed E-state index contributed by atoms with van der Waals surface area (Å²) in [5, 5.41) is 0. The van der Waals surface area contributed by atoms with E-state index in [4.69, 9.17) is 4.74 Å². The summed E-state index contributed by atoms with van der Waals surface area (Å²) in [5.41, 5.74) is 2.33. The van der Waals surface area contributed by atoms with Gasteiger partial charge in [-0.05, 0) is 58.2 Å². The van der Waals surface area contributed by atoms with Gasteiger partial charge < -0.3 is 9.30 Å². The number of carbonyl (C=O) groups is 2. The van der Waals surface area contributed by atoms with Crippen molar-refractivity contribution < 1.29 is 22.7 Å². The Morgan fingerprint density at radius 3 is 2.47 bits per heavy atom. The summed E-state index contributed by atoms with van der Waals surface area (Å²) in [4.78, 5) is 25.5. The molecule has 0 aliphatic carbocycles. The van der Waals surface area contributed by atoms with Crippen LogP contribution < -0.4 is 0 Å². The van der Waals surface area contributed by atoms with Gasteiger partial charge in [-0.25, -0.2) is 8.42 Å². The highest BCUT2D eigenvalue weighted by Crippen LogP contribution is 2.26. The van der Waals surface area contributed by atoms with Crippen LogP contribution in [0.15, 0.2) is 41.3 Å². The fraction of sp³-hybridized carbons (Fsp3) is 0.455. The highest BCUT2D eigenvalue weighted by atomic mass is 32.2. The summed E-state index contributed by atoms with van der Waals surface area (Å²) in [6, 6.07) is 8.94. The van der Waals surface area contributed by atoms with Gasteiger partial charge >= 0.3 is 5.97 Å². The minimum atomic E-state index is -3.82. The predicted octanol–water partition coefficient (Wildman–Crippen LogP) is 3.09. The molecule has 8 heteroatoms. The molecule has 1 aromatic heterocycles. The first kappa shape index (κ1) is 22.2. The van der Waals surface area contributed by atoms with Gasteiger partial charge in [0.1, 0.15) is 6.04 Å². The molecule has 1 aliphatic rings. The fourth-order valence-corrected chi connectivity index (χ4v) is 5.70. The zero-order valence-electron chi connectivity index (χ0n) is 17.6. The van der Waals surface area contributed by atoms with Gasteiger partial charge in [-0.2, -0.15) is 4.31 Å². The SMILES string of the molecule is CCn1c(C)cc(C(=O)COC(=O)C2CCCCN2S(=O)(=O)c2ccccc2)c1C. The number of Topliss-reactive ketones (excluding diaryl/α,β-unsaturated/α-hetero) is 1. The molecule has 1 unspecified atom stereocenters. The van der Waals surface area contributed by atoms with Crippen molar-refractivity contribution in [1.82, 2.24) is 8.87 Å². The van der Waals surface area contributed by atoms with Crippen LogP contribution in [0.1, 0.15) is 47.9 Å². The van der Waals surface area contributed by atoms with Crippen LogP contribution in [0, 0.1) is 13.8 Å². The second kappa shape index (κ2) is 9.14. The molecule has 1 saturated heterocycles. The number of ketones is 1. The fourth-order valence-electron chi connectivity index (χ4n) is 4.04. The number of rotatable bonds is 7. The van der Waals surface area contributed by atoms with E-state index in [0.717, 1.165) is 24.4 Å². The van der Waals surface area contributed by atoms with Crippen molar-refractivity contribution in [3.05, 3.63) is 53.3 Å². The Hall–Kier alpha value is -2.45. The number of carbonyl (C=O) groups excluding carboxylic acids is 2. The average Bonchev–Trinajstić information content (AvgIpc) is 3.05. The van der Waals surface area contributed by atoms with Crippen molar-refractivity contribution >= 4 is 21.8 Å². The maximum Gasteiger partial charge on any atom is 0.324 e. The Balaban J connectivity index is 1.73. The number of hydrogen-bond acceptors (Lipinski definition) is 5. The Kier molecular flexibility index (Phi) is 6.77. The van der Waals surface area contributed by atoms with Crippen LogP contribution in [-0.2, 0) is 26.1 Å². The molecule has 0 N–H and O–H groups in total. The van der Waals surface area contributed by atoms with Gasteiger partial charge in [0.05, 0.1) is 4.90 Å². The normalized spacial score (nSPS) is 17.6. The van der Waals surface area contributed by atoms with Gasteiger partial charge in [-0.1, -0.05) is 18.2 Å². The Labute approximate surface area is 177 Å². The van der Waals surface area contributed by atoms with Crippen molar-refractivity contribution in [2.45, 2.75) is 57.5 Å². The molecular weight excluding hydrogens is 404 g/mol. The molecule has 0 radical (unpaired) electrons. The molecule has 162 valence electrons. The number of piperidine rings is 1. The largest absolute Gasteiger partial charge is 0.456 e. The van der Waals surface area contributed by atoms with Gasteiger partial charge in [0.2, 0.25) is 15.8 Å². The zero-order chi connectivity index (χ0) is 21.9. The van der Waals surface area contributed by atoms with E-state index < -0.39 is 28.6 Å². The molecule has 1 aliphatic heterocycles. The minimum Gasteiger partial charge on any atom is -0.456 e. The number of esters is 1. The molecule has 1 atom stereocenters. The maximum absolute atomic E-state index is 13.0. The third-order valence-electron chi connectivity index (χ3n) is 5.61. The summed E-state index contributed by atoms with van der Waals surface area (Å²) >= 11 is 0. The van der Waals surface area contributed by atoms with Crippen LogP contribution >= 0.6 is 0 Å². The molecule has 0 bridgehead atoms. The van der Waals surface area contributed by atoms with Crippen LogP contribution in [0.5, 0.6) is 0 Å². The van der Waals surface area contributed by atoms with Crippen molar-refractivity contribution in [3.8, 4) is 0 Å². The Bertz CT molecular complexity index is 1030. The quantitative estimate of drug-likeness (QED) is 0.496. The first-order chi connectivity index (χ1) is 14.3. The first-order valence-corrected chi connectivity index (χ1v) is 11.6. The second-order valence-electron chi connectivity index (χ2n) is 7.50. The number of hydrogen-bond donors (Lipinski definition) is 0. The number of aryl methyl sites for hydroxylation is 1. The number of aromatic nitrogens is 1. The molecule has 0 saturated carbocycles. The predicted molar refractivity (Wildman–Crippen MR) is 113 cm³/mol. The lowest BCUT2D eigenvalue weighted by Crippen LogP contribution is -2.48. The van der Waals surface area contributed by atoms with Crippen molar-refractivity contribution in [2.75, 3.05) is 13.2 Å². The second-order valence-corrected chi connectivity index (χ2v) is 9.39. The average molecular weight is 433 g/mol. The molecule has 2 heterocycles. The number of ether oxygens (including phenoxy) is 1. The topological polar surface area (TPSA) is 85.7 Å². The van der Waals surface area contributed by atoms with Gasteiger partial charge in [0.25, 0.3) is 0 Å².